The van der Waals surface area contributed by atoms with Gasteiger partial charge in [-0.2, -0.15) is 0 Å². The van der Waals surface area contributed by atoms with E-state index in [-0.39, 0.29) is 5.92 Å². The normalized spacial score (nSPS) is 41.6. The molecule has 2 aliphatic rings. The Morgan fingerprint density at radius 2 is 2.25 bits per heavy atom. The van der Waals surface area contributed by atoms with E-state index >= 15 is 0 Å². The zero-order chi connectivity index (χ0) is 14.9. The molecular weight excluding hydrogens is 256 g/mol. The van der Waals surface area contributed by atoms with E-state index in [1.54, 1.807) is 7.11 Å². The lowest BCUT2D eigenvalue weighted by molar-refractivity contribution is -0.165. The summed E-state index contributed by atoms with van der Waals surface area (Å²) >= 11 is 0. The summed E-state index contributed by atoms with van der Waals surface area (Å²) in [4.78, 5) is 11.8. The van der Waals surface area contributed by atoms with Gasteiger partial charge >= 0.3 is 5.97 Å². The monoisotopic (exact) mass is 280 g/mol. The number of carbonyl (C=O) groups is 1. The summed E-state index contributed by atoms with van der Waals surface area (Å²) in [5.41, 5.74) is 1.05. The predicted molar refractivity (Wildman–Crippen MR) is 76.2 cm³/mol. The molecule has 1 saturated heterocycles. The Hall–Kier alpha value is -1.13. The third kappa shape index (κ3) is 2.67. The van der Waals surface area contributed by atoms with Gasteiger partial charge in [0.1, 0.15) is 12.2 Å². The molecule has 112 valence electrons. The topological polar surface area (TPSA) is 55.8 Å². The van der Waals surface area contributed by atoms with Gasteiger partial charge in [-0.05, 0) is 39.5 Å². The number of methoxy groups -OCH3 is 1. The standard InChI is InChI=1S/C16H24O4/c1-10-6-5-9-16(3,19-4)14(17)13-12(8-7-10)11(2)15(18)20-13/h6,12-14,17H,2,5,7-9H2,1,3-4H3/b10-6-/t12-,13-,14-,16+/m0/s1. The Bertz CT molecular complexity index is 440. The lowest BCUT2D eigenvalue weighted by Gasteiger charge is -2.37. The SMILES string of the molecule is C=C1C(=O)O[C@H]2[C@H]1CC/C(C)=C\CC[C@@](C)(OC)[C@H]2O. The van der Waals surface area contributed by atoms with Gasteiger partial charge in [0.25, 0.3) is 0 Å². The highest BCUT2D eigenvalue weighted by molar-refractivity contribution is 5.90. The second-order valence-electron chi connectivity index (χ2n) is 6.09. The van der Waals surface area contributed by atoms with Crippen LogP contribution in [0.5, 0.6) is 0 Å². The minimum absolute atomic E-state index is 0.131. The number of hydrogen-bond donors (Lipinski definition) is 1. The largest absolute Gasteiger partial charge is 0.455 e. The first-order valence-corrected chi connectivity index (χ1v) is 7.17. The van der Waals surface area contributed by atoms with Crippen molar-refractivity contribution in [3.05, 3.63) is 23.8 Å². The van der Waals surface area contributed by atoms with E-state index in [4.69, 9.17) is 9.47 Å². The van der Waals surface area contributed by atoms with Gasteiger partial charge in [-0.15, -0.1) is 0 Å². The van der Waals surface area contributed by atoms with Crippen LogP contribution >= 0.6 is 0 Å². The number of aliphatic hydroxyl groups excluding tert-OH is 1. The van der Waals surface area contributed by atoms with Crippen LogP contribution in [0.1, 0.15) is 39.5 Å². The molecule has 0 aromatic carbocycles. The molecule has 1 N–H and O–H groups in total. The van der Waals surface area contributed by atoms with Crippen LogP contribution in [0.25, 0.3) is 0 Å². The average Bonchev–Trinajstić information content (AvgIpc) is 2.70. The molecule has 4 nitrogen and oxygen atoms in total. The van der Waals surface area contributed by atoms with Crippen LogP contribution in [0.3, 0.4) is 0 Å². The molecule has 4 heteroatoms. The molecule has 0 unspecified atom stereocenters. The van der Waals surface area contributed by atoms with Crippen LogP contribution in [0.4, 0.5) is 0 Å². The van der Waals surface area contributed by atoms with E-state index in [0.717, 1.165) is 19.3 Å². The lowest BCUT2D eigenvalue weighted by atomic mass is 9.80. The first-order chi connectivity index (χ1) is 9.39. The molecule has 0 saturated carbocycles. The Morgan fingerprint density at radius 1 is 1.55 bits per heavy atom. The number of ether oxygens (including phenoxy) is 2. The van der Waals surface area contributed by atoms with Crippen LogP contribution in [0.2, 0.25) is 0 Å². The van der Waals surface area contributed by atoms with Gasteiger partial charge in [0.2, 0.25) is 0 Å². The molecule has 0 amide bonds. The molecule has 1 fully saturated rings. The van der Waals surface area contributed by atoms with Gasteiger partial charge in [-0.25, -0.2) is 4.79 Å². The summed E-state index contributed by atoms with van der Waals surface area (Å²) in [7, 11) is 1.59. The summed E-state index contributed by atoms with van der Waals surface area (Å²) < 4.78 is 10.9. The smallest absolute Gasteiger partial charge is 0.334 e. The molecule has 20 heavy (non-hydrogen) atoms. The highest BCUT2D eigenvalue weighted by Crippen LogP contribution is 2.39. The molecule has 0 aromatic heterocycles. The number of hydrogen-bond acceptors (Lipinski definition) is 4. The molecule has 4 atom stereocenters. The van der Waals surface area contributed by atoms with Crippen molar-refractivity contribution >= 4 is 5.97 Å². The highest BCUT2D eigenvalue weighted by atomic mass is 16.6. The molecule has 2 rings (SSSR count). The Kier molecular flexibility index (Phi) is 4.35. The Morgan fingerprint density at radius 3 is 2.90 bits per heavy atom. The van der Waals surface area contributed by atoms with E-state index in [0.29, 0.717) is 12.0 Å². The summed E-state index contributed by atoms with van der Waals surface area (Å²) in [6.45, 7) is 7.80. The zero-order valence-corrected chi connectivity index (χ0v) is 12.5. The number of esters is 1. The van der Waals surface area contributed by atoms with Crippen molar-refractivity contribution in [2.75, 3.05) is 7.11 Å². The summed E-state index contributed by atoms with van der Waals surface area (Å²) in [5, 5.41) is 10.7. The van der Waals surface area contributed by atoms with Crippen LogP contribution in [0, 0.1) is 5.92 Å². The number of rotatable bonds is 1. The fourth-order valence-corrected chi connectivity index (χ4v) is 3.06. The maximum absolute atomic E-state index is 11.8. The predicted octanol–water partition coefficient (Wildman–Crippen LogP) is 2.37. The van der Waals surface area contributed by atoms with Crippen molar-refractivity contribution < 1.29 is 19.4 Å². The summed E-state index contributed by atoms with van der Waals surface area (Å²) in [6, 6.07) is 0. The Balaban J connectivity index is 2.34. The van der Waals surface area contributed by atoms with Gasteiger partial charge in [0, 0.05) is 18.6 Å². The van der Waals surface area contributed by atoms with Crippen molar-refractivity contribution in [2.45, 2.75) is 57.3 Å². The molecule has 0 aromatic rings. The fourth-order valence-electron chi connectivity index (χ4n) is 3.06. The van der Waals surface area contributed by atoms with E-state index in [1.165, 1.54) is 5.57 Å². The highest BCUT2D eigenvalue weighted by Gasteiger charge is 2.49. The van der Waals surface area contributed by atoms with Gasteiger partial charge in [-0.3, -0.25) is 0 Å². The van der Waals surface area contributed by atoms with Crippen molar-refractivity contribution in [1.82, 2.24) is 0 Å². The van der Waals surface area contributed by atoms with Crippen molar-refractivity contribution in [2.24, 2.45) is 5.92 Å². The maximum atomic E-state index is 11.8. The number of carbonyl (C=O) groups excluding carboxylic acids is 1. The van der Waals surface area contributed by atoms with Gasteiger partial charge < -0.3 is 14.6 Å². The molecule has 0 spiro atoms. The van der Waals surface area contributed by atoms with E-state index in [2.05, 4.69) is 19.6 Å². The van der Waals surface area contributed by atoms with Gasteiger partial charge in [0.15, 0.2) is 0 Å². The summed E-state index contributed by atoms with van der Waals surface area (Å²) in [5.74, 6) is -0.521. The maximum Gasteiger partial charge on any atom is 0.334 e. The van der Waals surface area contributed by atoms with Crippen molar-refractivity contribution in [3.63, 3.8) is 0 Å². The zero-order valence-electron chi connectivity index (χ0n) is 12.5. The number of allylic oxidation sites excluding steroid dienone is 2. The average molecular weight is 280 g/mol. The molecule has 1 aliphatic heterocycles. The van der Waals surface area contributed by atoms with E-state index in [9.17, 15) is 9.90 Å². The van der Waals surface area contributed by atoms with Crippen LogP contribution in [-0.4, -0.2) is 36.0 Å². The van der Waals surface area contributed by atoms with Crippen LogP contribution in [-0.2, 0) is 14.3 Å². The third-order valence-corrected chi connectivity index (χ3v) is 4.74. The van der Waals surface area contributed by atoms with Crippen LogP contribution in [0.15, 0.2) is 23.8 Å². The van der Waals surface area contributed by atoms with Crippen LogP contribution < -0.4 is 0 Å². The molecule has 0 radical (unpaired) electrons. The van der Waals surface area contributed by atoms with E-state index < -0.39 is 23.8 Å². The third-order valence-electron chi connectivity index (χ3n) is 4.74. The molecule has 1 heterocycles. The van der Waals surface area contributed by atoms with Gasteiger partial charge in [-0.1, -0.05) is 18.2 Å². The summed E-state index contributed by atoms with van der Waals surface area (Å²) in [6.07, 6.45) is 4.00. The first kappa shape index (κ1) is 15.3. The minimum Gasteiger partial charge on any atom is -0.455 e. The van der Waals surface area contributed by atoms with Crippen molar-refractivity contribution in [3.8, 4) is 0 Å². The quantitative estimate of drug-likeness (QED) is 0.455. The second kappa shape index (κ2) is 5.70. The minimum atomic E-state index is -0.840. The lowest BCUT2D eigenvalue weighted by Crippen LogP contribution is -2.50. The Labute approximate surface area is 120 Å². The number of aliphatic hydroxyl groups is 1. The van der Waals surface area contributed by atoms with Gasteiger partial charge in [0.05, 0.1) is 5.60 Å². The molecular formula is C16H24O4. The first-order valence-electron chi connectivity index (χ1n) is 7.17. The second-order valence-corrected chi connectivity index (χ2v) is 6.09. The van der Waals surface area contributed by atoms with E-state index in [1.807, 2.05) is 6.92 Å². The molecule has 0 bridgehead atoms. The van der Waals surface area contributed by atoms with Crippen molar-refractivity contribution in [1.29, 1.82) is 0 Å². The number of fused-ring (bicyclic) bond motifs is 1. The molecule has 1 aliphatic carbocycles. The fraction of sp³-hybridized carbons (Fsp3) is 0.688.